The molecule has 0 aromatic rings. The largest absolute Gasteiger partial charge is 0.389 e. The monoisotopic (exact) mass is 225 g/mol. The molecule has 1 aliphatic carbocycles. The van der Waals surface area contributed by atoms with Crippen molar-refractivity contribution in [1.29, 1.82) is 0 Å². The molecule has 2 atom stereocenters. The Hall–Kier alpha value is -0.560. The highest BCUT2D eigenvalue weighted by atomic mass is 16.5. The van der Waals surface area contributed by atoms with Crippen LogP contribution >= 0.6 is 0 Å². The summed E-state index contributed by atoms with van der Waals surface area (Å²) in [7, 11) is 0. The van der Waals surface area contributed by atoms with E-state index < -0.39 is 6.10 Å². The van der Waals surface area contributed by atoms with Crippen molar-refractivity contribution in [2.75, 3.05) is 13.2 Å². The predicted molar refractivity (Wildman–Crippen MR) is 65.1 cm³/mol. The Morgan fingerprint density at radius 3 is 2.75 bits per heavy atom. The van der Waals surface area contributed by atoms with Gasteiger partial charge in [0.25, 0.3) is 0 Å². The van der Waals surface area contributed by atoms with E-state index in [4.69, 9.17) is 11.2 Å². The second kappa shape index (κ2) is 7.67. The fraction of sp³-hybridized carbons (Fsp3) is 0.846. The van der Waals surface area contributed by atoms with Crippen molar-refractivity contribution >= 4 is 0 Å². The molecule has 0 bridgehead atoms. The number of hydrogen-bond donors (Lipinski definition) is 2. The van der Waals surface area contributed by atoms with Crippen molar-refractivity contribution in [1.82, 2.24) is 5.32 Å². The molecule has 16 heavy (non-hydrogen) atoms. The number of nitrogens with one attached hydrogen (secondary N) is 1. The van der Waals surface area contributed by atoms with Gasteiger partial charge in [0.2, 0.25) is 0 Å². The zero-order valence-corrected chi connectivity index (χ0v) is 10.1. The van der Waals surface area contributed by atoms with Crippen molar-refractivity contribution in [2.24, 2.45) is 0 Å². The first kappa shape index (κ1) is 13.5. The molecule has 0 heterocycles. The lowest BCUT2D eigenvalue weighted by Crippen LogP contribution is -2.37. The SMILES string of the molecule is C#CC(CC)NCC(O)COC1CCCC1. The highest BCUT2D eigenvalue weighted by molar-refractivity contribution is 4.97. The minimum atomic E-state index is -0.456. The Morgan fingerprint density at radius 2 is 2.19 bits per heavy atom. The average molecular weight is 225 g/mol. The van der Waals surface area contributed by atoms with Gasteiger partial charge in [-0.05, 0) is 19.3 Å². The van der Waals surface area contributed by atoms with Gasteiger partial charge in [-0.25, -0.2) is 0 Å². The van der Waals surface area contributed by atoms with Crippen molar-refractivity contribution in [3.05, 3.63) is 0 Å². The molecule has 1 aliphatic rings. The van der Waals surface area contributed by atoms with Crippen LogP contribution in [0, 0.1) is 12.3 Å². The van der Waals surface area contributed by atoms with E-state index in [9.17, 15) is 5.11 Å². The smallest absolute Gasteiger partial charge is 0.0898 e. The first-order valence-electron chi connectivity index (χ1n) is 6.25. The van der Waals surface area contributed by atoms with Gasteiger partial charge in [0.05, 0.1) is 24.9 Å². The molecule has 92 valence electrons. The van der Waals surface area contributed by atoms with Gasteiger partial charge < -0.3 is 15.2 Å². The molecule has 0 aromatic heterocycles. The lowest BCUT2D eigenvalue weighted by molar-refractivity contribution is -0.00580. The van der Waals surface area contributed by atoms with E-state index in [1.807, 2.05) is 6.92 Å². The van der Waals surface area contributed by atoms with Crippen LogP contribution in [0.15, 0.2) is 0 Å². The summed E-state index contributed by atoms with van der Waals surface area (Å²) in [6, 6.07) is 0.0566. The number of aliphatic hydroxyl groups excluding tert-OH is 1. The van der Waals surface area contributed by atoms with Crippen LogP contribution in [0.3, 0.4) is 0 Å². The molecule has 3 heteroatoms. The van der Waals surface area contributed by atoms with Crippen LogP contribution in [0.2, 0.25) is 0 Å². The van der Waals surface area contributed by atoms with Gasteiger partial charge in [-0.1, -0.05) is 25.7 Å². The summed E-state index contributed by atoms with van der Waals surface area (Å²) in [6.45, 7) is 2.95. The quantitative estimate of drug-likeness (QED) is 0.642. The summed E-state index contributed by atoms with van der Waals surface area (Å²) in [6.07, 6.45) is 10.9. The highest BCUT2D eigenvalue weighted by Gasteiger charge is 2.17. The van der Waals surface area contributed by atoms with Gasteiger partial charge >= 0.3 is 0 Å². The van der Waals surface area contributed by atoms with Crippen LogP contribution in [-0.4, -0.2) is 36.5 Å². The molecular weight excluding hydrogens is 202 g/mol. The van der Waals surface area contributed by atoms with Gasteiger partial charge in [-0.15, -0.1) is 6.42 Å². The van der Waals surface area contributed by atoms with Crippen LogP contribution in [0.1, 0.15) is 39.0 Å². The number of ether oxygens (including phenoxy) is 1. The molecule has 0 radical (unpaired) electrons. The third-order valence-corrected chi connectivity index (χ3v) is 3.04. The topological polar surface area (TPSA) is 41.5 Å². The predicted octanol–water partition coefficient (Wildman–Crippen LogP) is 1.31. The first-order valence-corrected chi connectivity index (χ1v) is 6.25. The lowest BCUT2D eigenvalue weighted by atomic mass is 10.2. The second-order valence-electron chi connectivity index (χ2n) is 4.43. The van der Waals surface area contributed by atoms with Crippen LogP contribution in [0.5, 0.6) is 0 Å². The van der Waals surface area contributed by atoms with E-state index in [-0.39, 0.29) is 6.04 Å². The van der Waals surface area contributed by atoms with Gasteiger partial charge in [-0.2, -0.15) is 0 Å². The van der Waals surface area contributed by atoms with Gasteiger partial charge in [0, 0.05) is 6.54 Å². The van der Waals surface area contributed by atoms with E-state index in [0.29, 0.717) is 19.3 Å². The van der Waals surface area contributed by atoms with Crippen molar-refractivity contribution < 1.29 is 9.84 Å². The maximum Gasteiger partial charge on any atom is 0.0898 e. The summed E-state index contributed by atoms with van der Waals surface area (Å²) < 4.78 is 5.62. The Morgan fingerprint density at radius 1 is 1.50 bits per heavy atom. The van der Waals surface area contributed by atoms with Crippen LogP contribution in [0.4, 0.5) is 0 Å². The Balaban J connectivity index is 2.06. The minimum absolute atomic E-state index is 0.0566. The molecule has 2 unspecified atom stereocenters. The molecule has 1 saturated carbocycles. The van der Waals surface area contributed by atoms with E-state index in [1.165, 1.54) is 12.8 Å². The zero-order valence-electron chi connectivity index (χ0n) is 10.1. The Kier molecular flexibility index (Phi) is 6.47. The molecule has 1 fully saturated rings. The second-order valence-corrected chi connectivity index (χ2v) is 4.43. The maximum atomic E-state index is 9.69. The van der Waals surface area contributed by atoms with Crippen molar-refractivity contribution in [3.8, 4) is 12.3 Å². The summed E-state index contributed by atoms with van der Waals surface area (Å²) in [4.78, 5) is 0. The number of rotatable bonds is 7. The van der Waals surface area contributed by atoms with E-state index in [0.717, 1.165) is 19.3 Å². The number of terminal acetylenes is 1. The zero-order chi connectivity index (χ0) is 11.8. The normalized spacial score (nSPS) is 20.6. The molecule has 2 N–H and O–H groups in total. The molecule has 0 saturated heterocycles. The molecular formula is C13H23NO2. The van der Waals surface area contributed by atoms with Gasteiger partial charge in [0.15, 0.2) is 0 Å². The third-order valence-electron chi connectivity index (χ3n) is 3.04. The number of aliphatic hydroxyl groups is 1. The number of hydrogen-bond acceptors (Lipinski definition) is 3. The van der Waals surface area contributed by atoms with Crippen molar-refractivity contribution in [3.63, 3.8) is 0 Å². The Bertz CT molecular complexity index is 218. The van der Waals surface area contributed by atoms with Crippen LogP contribution < -0.4 is 5.32 Å². The minimum Gasteiger partial charge on any atom is -0.389 e. The fourth-order valence-electron chi connectivity index (χ4n) is 1.96. The van der Waals surface area contributed by atoms with E-state index in [1.54, 1.807) is 0 Å². The molecule has 0 aliphatic heterocycles. The summed E-state index contributed by atoms with van der Waals surface area (Å²) in [5, 5.41) is 12.8. The molecule has 0 spiro atoms. The van der Waals surface area contributed by atoms with Gasteiger partial charge in [0.1, 0.15) is 0 Å². The molecule has 3 nitrogen and oxygen atoms in total. The first-order chi connectivity index (χ1) is 7.76. The van der Waals surface area contributed by atoms with E-state index in [2.05, 4.69) is 11.2 Å². The molecule has 0 aromatic carbocycles. The van der Waals surface area contributed by atoms with Crippen LogP contribution in [0.25, 0.3) is 0 Å². The standard InChI is InChI=1S/C13H23NO2/c1-3-11(4-2)14-9-12(15)10-16-13-7-5-6-8-13/h1,11-15H,4-10H2,2H3. The van der Waals surface area contributed by atoms with Crippen molar-refractivity contribution in [2.45, 2.75) is 57.3 Å². The maximum absolute atomic E-state index is 9.69. The molecule has 1 rings (SSSR count). The fourth-order valence-corrected chi connectivity index (χ4v) is 1.96. The molecule has 0 amide bonds. The summed E-state index contributed by atoms with van der Waals surface area (Å²) >= 11 is 0. The van der Waals surface area contributed by atoms with Crippen LogP contribution in [-0.2, 0) is 4.74 Å². The van der Waals surface area contributed by atoms with E-state index >= 15 is 0 Å². The summed E-state index contributed by atoms with van der Waals surface area (Å²) in [5.41, 5.74) is 0. The Labute approximate surface area is 98.6 Å². The van der Waals surface area contributed by atoms with Gasteiger partial charge in [-0.3, -0.25) is 0 Å². The third kappa shape index (κ3) is 4.98. The lowest BCUT2D eigenvalue weighted by Gasteiger charge is -2.17. The highest BCUT2D eigenvalue weighted by Crippen LogP contribution is 2.20. The average Bonchev–Trinajstić information content (AvgIpc) is 2.80. The summed E-state index contributed by atoms with van der Waals surface area (Å²) in [5.74, 6) is 2.64.